The molecule has 0 radical (unpaired) electrons. The Balaban J connectivity index is 2.52. The van der Waals surface area contributed by atoms with Gasteiger partial charge in [-0.05, 0) is 43.0 Å². The average Bonchev–Trinajstić information content (AvgIpc) is 2.36. The predicted octanol–water partition coefficient (Wildman–Crippen LogP) is 3.20. The minimum atomic E-state index is -4.44. The third-order valence-electron chi connectivity index (χ3n) is 3.72. The maximum atomic E-state index is 12.7. The van der Waals surface area contributed by atoms with Crippen molar-refractivity contribution >= 4 is 11.8 Å². The third-order valence-corrected chi connectivity index (χ3v) is 3.72. The highest BCUT2D eigenvalue weighted by atomic mass is 19.4. The number of hydrogen-bond acceptors (Lipinski definition) is 2. The first-order valence-corrected chi connectivity index (χ1v) is 6.21. The number of benzene rings is 1. The van der Waals surface area contributed by atoms with Crippen LogP contribution in [-0.2, 0) is 12.6 Å². The maximum absolute atomic E-state index is 12.7. The average molecular weight is 288 g/mol. The van der Waals surface area contributed by atoms with Gasteiger partial charge in [0.05, 0.1) is 16.9 Å². The molecule has 0 spiro atoms. The summed E-state index contributed by atoms with van der Waals surface area (Å²) < 4.78 is 38.0. The normalized spacial score (nSPS) is 22.6. The molecular formula is C13H15F3N2O2. The van der Waals surface area contributed by atoms with Crippen molar-refractivity contribution < 1.29 is 23.1 Å². The van der Waals surface area contributed by atoms with E-state index in [9.17, 15) is 23.1 Å². The van der Waals surface area contributed by atoms with Crippen LogP contribution in [0.4, 0.5) is 23.7 Å². The molecule has 2 rings (SSSR count). The van der Waals surface area contributed by atoms with Gasteiger partial charge in [-0.25, -0.2) is 4.79 Å². The molecule has 4 nitrogen and oxygen atoms in total. The Bertz CT molecular complexity index is 545. The quantitative estimate of drug-likeness (QED) is 0.834. The minimum absolute atomic E-state index is 0.237. The second-order valence-electron chi connectivity index (χ2n) is 4.92. The lowest BCUT2D eigenvalue weighted by molar-refractivity contribution is -0.137. The summed E-state index contributed by atoms with van der Waals surface area (Å²) in [4.78, 5) is 12.4. The summed E-state index contributed by atoms with van der Waals surface area (Å²) in [6.07, 6.45) is -4.68. The third kappa shape index (κ3) is 2.33. The number of carbonyl (C=O) groups is 1. The van der Waals surface area contributed by atoms with Crippen LogP contribution in [0.2, 0.25) is 0 Å². The zero-order chi connectivity index (χ0) is 15.1. The molecule has 20 heavy (non-hydrogen) atoms. The molecule has 0 saturated carbocycles. The van der Waals surface area contributed by atoms with Crippen molar-refractivity contribution in [1.82, 2.24) is 0 Å². The number of nitrogens with two attached hydrogens (primary N) is 1. The summed E-state index contributed by atoms with van der Waals surface area (Å²) in [6, 6.07) is 3.07. The van der Waals surface area contributed by atoms with Crippen LogP contribution < -0.4 is 10.6 Å². The van der Waals surface area contributed by atoms with E-state index in [0.29, 0.717) is 24.8 Å². The molecule has 1 unspecified atom stereocenters. The molecule has 0 fully saturated rings. The molecule has 0 saturated heterocycles. The number of rotatable bonds is 1. The fourth-order valence-corrected chi connectivity index (χ4v) is 2.51. The fourth-order valence-electron chi connectivity index (χ4n) is 2.51. The Morgan fingerprint density at radius 3 is 2.65 bits per heavy atom. The van der Waals surface area contributed by atoms with Gasteiger partial charge in [0.15, 0.2) is 0 Å². The van der Waals surface area contributed by atoms with Crippen molar-refractivity contribution in [1.29, 1.82) is 0 Å². The summed E-state index contributed by atoms with van der Waals surface area (Å²) in [5.41, 5.74) is 4.81. The zero-order valence-electron chi connectivity index (χ0n) is 10.9. The van der Waals surface area contributed by atoms with E-state index in [1.165, 1.54) is 6.07 Å². The summed E-state index contributed by atoms with van der Waals surface area (Å²) >= 11 is 0. The monoisotopic (exact) mass is 288 g/mol. The van der Waals surface area contributed by atoms with Gasteiger partial charge in [0.1, 0.15) is 0 Å². The van der Waals surface area contributed by atoms with E-state index in [0.717, 1.165) is 17.0 Å². The highest BCUT2D eigenvalue weighted by molar-refractivity contribution is 5.89. The van der Waals surface area contributed by atoms with Crippen molar-refractivity contribution in [3.05, 3.63) is 29.3 Å². The first-order valence-electron chi connectivity index (χ1n) is 6.21. The van der Waals surface area contributed by atoms with E-state index in [-0.39, 0.29) is 5.69 Å². The summed E-state index contributed by atoms with van der Waals surface area (Å²) in [7, 11) is 0. The number of nitrogens with zero attached hydrogens (tertiary/aromatic N) is 1. The summed E-state index contributed by atoms with van der Waals surface area (Å²) in [6.45, 7) is 1.75. The molecule has 0 aromatic heterocycles. The number of alkyl halides is 3. The Morgan fingerprint density at radius 1 is 1.50 bits per heavy atom. The van der Waals surface area contributed by atoms with E-state index >= 15 is 0 Å². The van der Waals surface area contributed by atoms with Crippen LogP contribution in [0.5, 0.6) is 0 Å². The van der Waals surface area contributed by atoms with Gasteiger partial charge in [0.25, 0.3) is 0 Å². The molecule has 1 heterocycles. The smallest absolute Gasteiger partial charge is 0.416 e. The van der Waals surface area contributed by atoms with E-state index in [4.69, 9.17) is 5.73 Å². The van der Waals surface area contributed by atoms with Crippen LogP contribution >= 0.6 is 0 Å². The van der Waals surface area contributed by atoms with Gasteiger partial charge < -0.3 is 10.8 Å². The van der Waals surface area contributed by atoms with Gasteiger partial charge in [-0.3, -0.25) is 4.90 Å². The molecule has 3 N–H and O–H groups in total. The van der Waals surface area contributed by atoms with Gasteiger partial charge in [0.2, 0.25) is 0 Å². The van der Waals surface area contributed by atoms with Crippen LogP contribution in [0, 0.1) is 0 Å². The molecule has 0 aliphatic carbocycles. The second kappa shape index (κ2) is 4.66. The number of aryl methyl sites for hydroxylation is 1. The molecule has 7 heteroatoms. The number of fused-ring (bicyclic) bond motifs is 1. The first kappa shape index (κ1) is 14.6. The molecular weight excluding hydrogens is 273 g/mol. The number of amides is 1. The molecule has 1 aliphatic heterocycles. The maximum Gasteiger partial charge on any atom is 0.416 e. The van der Waals surface area contributed by atoms with Gasteiger partial charge in [0, 0.05) is 0 Å². The van der Waals surface area contributed by atoms with Crippen LogP contribution in [0.1, 0.15) is 30.9 Å². The predicted molar refractivity (Wildman–Crippen MR) is 67.5 cm³/mol. The molecule has 1 aromatic rings. The molecule has 0 bridgehead atoms. The Morgan fingerprint density at radius 2 is 2.15 bits per heavy atom. The highest BCUT2D eigenvalue weighted by Gasteiger charge is 2.41. The number of halogens is 3. The topological polar surface area (TPSA) is 66.6 Å². The standard InChI is InChI=1S/C13H15F3N2O2/c1-2-12(17)6-5-8-7-9(13(14,15)16)3-4-10(8)18(12)11(19)20/h3-4,7H,2,5-6,17H2,1H3,(H,19,20). The van der Waals surface area contributed by atoms with Crippen molar-refractivity contribution in [3.8, 4) is 0 Å². The van der Waals surface area contributed by atoms with Crippen molar-refractivity contribution in [2.45, 2.75) is 38.0 Å². The fraction of sp³-hybridized carbons (Fsp3) is 0.462. The SMILES string of the molecule is CCC1(N)CCc2cc(C(F)(F)F)ccc2N1C(=O)O. The lowest BCUT2D eigenvalue weighted by atomic mass is 9.89. The lowest BCUT2D eigenvalue weighted by Crippen LogP contribution is -2.60. The van der Waals surface area contributed by atoms with Crippen LogP contribution in [-0.4, -0.2) is 16.9 Å². The number of hydrogen-bond donors (Lipinski definition) is 2. The van der Waals surface area contributed by atoms with Crippen LogP contribution in [0.3, 0.4) is 0 Å². The second-order valence-corrected chi connectivity index (χ2v) is 4.92. The van der Waals surface area contributed by atoms with E-state index in [1.807, 2.05) is 0 Å². The number of anilines is 1. The van der Waals surface area contributed by atoms with Crippen LogP contribution in [0.15, 0.2) is 18.2 Å². The zero-order valence-corrected chi connectivity index (χ0v) is 10.9. The van der Waals surface area contributed by atoms with Gasteiger partial charge in [-0.15, -0.1) is 0 Å². The first-order chi connectivity index (χ1) is 9.19. The summed E-state index contributed by atoms with van der Waals surface area (Å²) in [5, 5.41) is 9.30. The van der Waals surface area contributed by atoms with E-state index in [2.05, 4.69) is 0 Å². The van der Waals surface area contributed by atoms with Crippen molar-refractivity contribution in [2.24, 2.45) is 5.73 Å². The van der Waals surface area contributed by atoms with E-state index < -0.39 is 23.5 Å². The van der Waals surface area contributed by atoms with Gasteiger partial charge in [-0.1, -0.05) is 6.92 Å². The molecule has 1 atom stereocenters. The Hall–Kier alpha value is -1.76. The highest BCUT2D eigenvalue weighted by Crippen LogP contribution is 2.39. The van der Waals surface area contributed by atoms with E-state index in [1.54, 1.807) is 6.92 Å². The van der Waals surface area contributed by atoms with Crippen molar-refractivity contribution in [2.75, 3.05) is 4.90 Å². The van der Waals surface area contributed by atoms with Crippen LogP contribution in [0.25, 0.3) is 0 Å². The Labute approximate surface area is 114 Å². The van der Waals surface area contributed by atoms with Crippen molar-refractivity contribution in [3.63, 3.8) is 0 Å². The minimum Gasteiger partial charge on any atom is -0.465 e. The lowest BCUT2D eigenvalue weighted by Gasteiger charge is -2.43. The largest absolute Gasteiger partial charge is 0.465 e. The molecule has 1 amide bonds. The molecule has 1 aliphatic rings. The molecule has 110 valence electrons. The summed E-state index contributed by atoms with van der Waals surface area (Å²) in [5.74, 6) is 0. The Kier molecular flexibility index (Phi) is 3.41. The van der Waals surface area contributed by atoms with Gasteiger partial charge >= 0.3 is 12.3 Å². The van der Waals surface area contributed by atoms with Gasteiger partial charge in [-0.2, -0.15) is 13.2 Å². The molecule has 1 aromatic carbocycles. The number of carboxylic acid groups (broad SMARTS) is 1.